The summed E-state index contributed by atoms with van der Waals surface area (Å²) < 4.78 is 0. The van der Waals surface area contributed by atoms with Gasteiger partial charge in [-0.15, -0.1) is 0 Å². The second-order valence-electron chi connectivity index (χ2n) is 7.93. The summed E-state index contributed by atoms with van der Waals surface area (Å²) in [7, 11) is 0. The smallest absolute Gasteiger partial charge is 0.323 e. The minimum Gasteiger partial charge on any atom is -0.355 e. The summed E-state index contributed by atoms with van der Waals surface area (Å²) in [5.74, 6) is 1.33. The van der Waals surface area contributed by atoms with Gasteiger partial charge in [-0.25, -0.2) is 14.8 Å². The fraction of sp³-hybridized carbons (Fsp3) is 0.208. The number of benzene rings is 2. The fourth-order valence-electron chi connectivity index (χ4n) is 4.25. The molecule has 4 aromatic rings. The zero-order valence-electron chi connectivity index (χ0n) is 17.4. The number of aromatic amines is 1. The van der Waals surface area contributed by atoms with Gasteiger partial charge in [0.2, 0.25) is 0 Å². The van der Waals surface area contributed by atoms with E-state index in [1.54, 1.807) is 30.6 Å². The average molecular weight is 447 g/mol. The van der Waals surface area contributed by atoms with Gasteiger partial charge in [0.05, 0.1) is 5.39 Å². The topological polar surface area (TPSA) is 85.9 Å². The Morgan fingerprint density at radius 3 is 2.78 bits per heavy atom. The van der Waals surface area contributed by atoms with Crippen LogP contribution in [0.5, 0.6) is 0 Å². The molecule has 2 amide bonds. The number of rotatable bonds is 4. The maximum Gasteiger partial charge on any atom is 0.323 e. The van der Waals surface area contributed by atoms with Crippen LogP contribution >= 0.6 is 11.6 Å². The molecule has 1 aliphatic heterocycles. The molecular weight excluding hydrogens is 424 g/mol. The SMILES string of the molecule is O=C(Nc1ccc(Cl)cc1)Nc1cccc(C2CCCN(c3ncnc4[nH]ccc34)C2)c1. The minimum atomic E-state index is -0.287. The van der Waals surface area contributed by atoms with Gasteiger partial charge < -0.3 is 20.5 Å². The molecule has 162 valence electrons. The molecular formula is C24H23ClN6O. The zero-order chi connectivity index (χ0) is 21.9. The van der Waals surface area contributed by atoms with Crippen molar-refractivity contribution in [2.45, 2.75) is 18.8 Å². The highest BCUT2D eigenvalue weighted by atomic mass is 35.5. The van der Waals surface area contributed by atoms with Crippen molar-refractivity contribution < 1.29 is 4.79 Å². The first-order valence-corrected chi connectivity index (χ1v) is 11.0. The van der Waals surface area contributed by atoms with E-state index in [0.717, 1.165) is 48.5 Å². The Kier molecular flexibility index (Phi) is 5.64. The van der Waals surface area contributed by atoms with E-state index in [1.807, 2.05) is 24.4 Å². The molecule has 1 saturated heterocycles. The van der Waals surface area contributed by atoms with Gasteiger partial charge >= 0.3 is 6.03 Å². The third-order valence-electron chi connectivity index (χ3n) is 5.77. The molecule has 7 nitrogen and oxygen atoms in total. The number of carbonyl (C=O) groups is 1. The van der Waals surface area contributed by atoms with Gasteiger partial charge in [0.1, 0.15) is 17.8 Å². The first-order chi connectivity index (χ1) is 15.7. The van der Waals surface area contributed by atoms with Crippen LogP contribution in [-0.2, 0) is 0 Å². The van der Waals surface area contributed by atoms with Crippen molar-refractivity contribution in [3.63, 3.8) is 0 Å². The molecule has 0 radical (unpaired) electrons. The molecule has 0 aliphatic carbocycles. The van der Waals surface area contributed by atoms with E-state index < -0.39 is 0 Å². The predicted octanol–water partition coefficient (Wildman–Crippen LogP) is 5.64. The summed E-state index contributed by atoms with van der Waals surface area (Å²) in [6, 6.07) is 16.8. The van der Waals surface area contributed by atoms with Gasteiger partial charge in [0, 0.05) is 41.6 Å². The number of hydrogen-bond donors (Lipinski definition) is 3. The molecule has 3 N–H and O–H groups in total. The van der Waals surface area contributed by atoms with Crippen LogP contribution in [0.25, 0.3) is 11.0 Å². The molecule has 8 heteroatoms. The number of H-pyrrole nitrogens is 1. The Balaban J connectivity index is 1.29. The molecule has 0 spiro atoms. The van der Waals surface area contributed by atoms with Crippen LogP contribution in [0.3, 0.4) is 0 Å². The summed E-state index contributed by atoms with van der Waals surface area (Å²) in [6.45, 7) is 1.84. The average Bonchev–Trinajstić information content (AvgIpc) is 3.30. The zero-order valence-corrected chi connectivity index (χ0v) is 18.1. The van der Waals surface area contributed by atoms with Crippen LogP contribution in [0.2, 0.25) is 5.02 Å². The summed E-state index contributed by atoms with van der Waals surface area (Å²) in [6.07, 6.45) is 5.68. The lowest BCUT2D eigenvalue weighted by Crippen LogP contribution is -2.35. The number of carbonyl (C=O) groups excluding carboxylic acids is 1. The number of nitrogens with zero attached hydrogens (tertiary/aromatic N) is 3. The molecule has 1 aliphatic rings. The maximum atomic E-state index is 12.4. The monoisotopic (exact) mass is 446 g/mol. The van der Waals surface area contributed by atoms with Crippen molar-refractivity contribution in [3.8, 4) is 0 Å². The van der Waals surface area contributed by atoms with E-state index in [1.165, 1.54) is 5.56 Å². The number of urea groups is 1. The van der Waals surface area contributed by atoms with Crippen LogP contribution in [0.15, 0.2) is 67.1 Å². The second kappa shape index (κ2) is 8.88. The van der Waals surface area contributed by atoms with Crippen molar-refractivity contribution in [2.75, 3.05) is 28.6 Å². The number of anilines is 3. The highest BCUT2D eigenvalue weighted by Gasteiger charge is 2.24. The second-order valence-corrected chi connectivity index (χ2v) is 8.37. The predicted molar refractivity (Wildman–Crippen MR) is 129 cm³/mol. The maximum absolute atomic E-state index is 12.4. The standard InChI is InChI=1S/C24H23ClN6O/c25-18-6-8-19(9-7-18)29-24(32)30-20-5-1-3-16(13-20)17-4-2-12-31(14-17)23-21-10-11-26-22(21)27-15-28-23/h1,3,5-11,13,15,17H,2,4,12,14H2,(H,26,27,28)(H2,29,30,32). The lowest BCUT2D eigenvalue weighted by Gasteiger charge is -2.34. The van der Waals surface area contributed by atoms with Gasteiger partial charge in [0.25, 0.3) is 0 Å². The van der Waals surface area contributed by atoms with E-state index >= 15 is 0 Å². The molecule has 1 unspecified atom stereocenters. The van der Waals surface area contributed by atoms with Crippen molar-refractivity contribution in [1.29, 1.82) is 0 Å². The third kappa shape index (κ3) is 4.38. The van der Waals surface area contributed by atoms with Gasteiger partial charge in [-0.2, -0.15) is 0 Å². The van der Waals surface area contributed by atoms with Crippen LogP contribution in [-0.4, -0.2) is 34.1 Å². The summed E-state index contributed by atoms with van der Waals surface area (Å²) in [5.41, 5.74) is 3.52. The normalized spacial score (nSPS) is 16.2. The largest absolute Gasteiger partial charge is 0.355 e. The van der Waals surface area contributed by atoms with Crippen molar-refractivity contribution in [3.05, 3.63) is 77.7 Å². The first kappa shape index (κ1) is 20.3. The van der Waals surface area contributed by atoms with Gasteiger partial charge in [-0.05, 0) is 60.9 Å². The van der Waals surface area contributed by atoms with Gasteiger partial charge in [-0.1, -0.05) is 23.7 Å². The number of hydrogen-bond acceptors (Lipinski definition) is 4. The van der Waals surface area contributed by atoms with Gasteiger partial charge in [-0.3, -0.25) is 0 Å². The summed E-state index contributed by atoms with van der Waals surface area (Å²) in [4.78, 5) is 26.8. The molecule has 0 saturated carbocycles. The fourth-order valence-corrected chi connectivity index (χ4v) is 4.38. The molecule has 5 rings (SSSR count). The van der Waals surface area contributed by atoms with E-state index in [4.69, 9.17) is 11.6 Å². The lowest BCUT2D eigenvalue weighted by atomic mass is 9.90. The first-order valence-electron chi connectivity index (χ1n) is 10.6. The Bertz CT molecular complexity index is 1240. The Labute approximate surface area is 190 Å². The third-order valence-corrected chi connectivity index (χ3v) is 6.02. The van der Waals surface area contributed by atoms with Crippen molar-refractivity contribution in [2.24, 2.45) is 0 Å². The summed E-state index contributed by atoms with van der Waals surface area (Å²) in [5, 5.41) is 7.43. The molecule has 1 atom stereocenters. The number of amides is 2. The molecule has 2 aromatic heterocycles. The van der Waals surface area contributed by atoms with Crippen LogP contribution in [0.1, 0.15) is 24.3 Å². The van der Waals surface area contributed by atoms with Crippen molar-refractivity contribution >= 4 is 45.9 Å². The molecule has 0 bridgehead atoms. The minimum absolute atomic E-state index is 0.287. The quantitative estimate of drug-likeness (QED) is 0.378. The molecule has 1 fully saturated rings. The number of nitrogens with one attached hydrogen (secondary N) is 3. The van der Waals surface area contributed by atoms with E-state index in [2.05, 4.69) is 42.6 Å². The highest BCUT2D eigenvalue weighted by molar-refractivity contribution is 6.30. The van der Waals surface area contributed by atoms with Crippen LogP contribution in [0, 0.1) is 0 Å². The van der Waals surface area contributed by atoms with Crippen molar-refractivity contribution in [1.82, 2.24) is 15.0 Å². The summed E-state index contributed by atoms with van der Waals surface area (Å²) >= 11 is 5.90. The van der Waals surface area contributed by atoms with Crippen LogP contribution in [0.4, 0.5) is 22.0 Å². The Morgan fingerprint density at radius 1 is 1.06 bits per heavy atom. The van der Waals surface area contributed by atoms with Crippen LogP contribution < -0.4 is 15.5 Å². The highest BCUT2D eigenvalue weighted by Crippen LogP contribution is 2.32. The number of piperidine rings is 1. The molecule has 3 heterocycles. The number of aromatic nitrogens is 3. The number of fused-ring (bicyclic) bond motifs is 1. The molecule has 32 heavy (non-hydrogen) atoms. The Hall–Kier alpha value is -3.58. The van der Waals surface area contributed by atoms with E-state index in [-0.39, 0.29) is 6.03 Å². The van der Waals surface area contributed by atoms with Gasteiger partial charge in [0.15, 0.2) is 0 Å². The Morgan fingerprint density at radius 2 is 1.91 bits per heavy atom. The lowest BCUT2D eigenvalue weighted by molar-refractivity contribution is 0.262. The van der Waals surface area contributed by atoms with E-state index in [9.17, 15) is 4.79 Å². The van der Waals surface area contributed by atoms with E-state index in [0.29, 0.717) is 16.6 Å². The number of halogens is 1. The molecule has 2 aromatic carbocycles.